The number of aromatic nitrogens is 6. The molecule has 0 bridgehead atoms. The van der Waals surface area contributed by atoms with Crippen LogP contribution in [-0.4, -0.2) is 28.7 Å². The van der Waals surface area contributed by atoms with Crippen LogP contribution in [0.25, 0.3) is 83.4 Å². The first-order chi connectivity index (χ1) is 30.1. The number of benzene rings is 7. The first-order valence-corrected chi connectivity index (χ1v) is 20.7. The first-order valence-electron chi connectivity index (χ1n) is 19.6. The van der Waals surface area contributed by atoms with Crippen LogP contribution in [0.3, 0.4) is 0 Å². The Hall–Kier alpha value is -7.54. The van der Waals surface area contributed by atoms with E-state index in [1.807, 2.05) is 71.3 Å². The van der Waals surface area contributed by atoms with Crippen LogP contribution in [0.15, 0.2) is 189 Å². The van der Waals surface area contributed by atoms with Gasteiger partial charge in [0.1, 0.15) is 12.1 Å². The average Bonchev–Trinajstić information content (AvgIpc) is 3.80. The van der Waals surface area contributed by atoms with E-state index in [0.29, 0.717) is 34.0 Å². The predicted molar refractivity (Wildman–Crippen MR) is 234 cm³/mol. The fraction of sp³-hybridized carbons (Fsp3) is 0. The van der Waals surface area contributed by atoms with Crippen molar-refractivity contribution < 1.29 is 28.5 Å². The molecular weight excluding hydrogens is 939 g/mol. The molecule has 294 valence electrons. The number of rotatable bonds is 8. The molecule has 11 rings (SSSR count). The van der Waals surface area contributed by atoms with Gasteiger partial charge in [0.15, 0.2) is 0 Å². The van der Waals surface area contributed by atoms with Crippen molar-refractivity contribution in [1.29, 1.82) is 0 Å². The maximum absolute atomic E-state index is 15.7. The Morgan fingerprint density at radius 3 is 1.84 bits per heavy atom. The van der Waals surface area contributed by atoms with Crippen molar-refractivity contribution in [2.75, 3.05) is 0 Å². The Bertz CT molecular complexity index is 3430. The average molecular weight is 970 g/mol. The summed E-state index contributed by atoms with van der Waals surface area (Å²) >= 11 is 2.44. The van der Waals surface area contributed by atoms with Gasteiger partial charge in [-0.3, -0.25) is 0 Å². The number of para-hydroxylation sites is 4. The summed E-state index contributed by atoms with van der Waals surface area (Å²) in [7, 11) is 0. The molecule has 11 aromatic rings. The van der Waals surface area contributed by atoms with Crippen molar-refractivity contribution in [3.8, 4) is 62.1 Å². The Morgan fingerprint density at radius 1 is 0.508 bits per heavy atom. The molecule has 4 heterocycles. The summed E-state index contributed by atoms with van der Waals surface area (Å²) in [4.78, 5) is 12.8. The van der Waals surface area contributed by atoms with Gasteiger partial charge < -0.3 is 0 Å². The van der Waals surface area contributed by atoms with E-state index in [9.17, 15) is 0 Å². The number of imidazole rings is 1. The van der Waals surface area contributed by atoms with Crippen LogP contribution in [0.4, 0.5) is 4.39 Å². The fourth-order valence-electron chi connectivity index (χ4n) is 8.15. The molecule has 61 heavy (non-hydrogen) atoms. The third-order valence-corrected chi connectivity index (χ3v) is 11.9. The van der Waals surface area contributed by atoms with Crippen LogP contribution >= 0.6 is 0 Å². The van der Waals surface area contributed by atoms with E-state index in [2.05, 4.69) is 142 Å². The van der Waals surface area contributed by atoms with E-state index in [1.54, 1.807) is 12.4 Å². The number of hydrogen-bond donors (Lipinski definition) is 0. The van der Waals surface area contributed by atoms with Gasteiger partial charge in [-0.1, -0.05) is 12.1 Å². The molecule has 4 aromatic heterocycles. The van der Waals surface area contributed by atoms with Gasteiger partial charge in [0.25, 0.3) is 0 Å². The summed E-state index contributed by atoms with van der Waals surface area (Å²) in [5.41, 5.74) is 10.9. The summed E-state index contributed by atoms with van der Waals surface area (Å²) in [6.45, 7) is 0. The molecule has 0 spiro atoms. The summed E-state index contributed by atoms with van der Waals surface area (Å²) in [5, 5.41) is 1.93. The molecule has 0 N–H and O–H groups in total. The van der Waals surface area contributed by atoms with Crippen molar-refractivity contribution in [3.05, 3.63) is 210 Å². The van der Waals surface area contributed by atoms with Crippen LogP contribution in [0, 0.1) is 21.8 Å². The van der Waals surface area contributed by atoms with Gasteiger partial charge in [0.2, 0.25) is 0 Å². The van der Waals surface area contributed by atoms with Gasteiger partial charge in [0, 0.05) is 29.7 Å². The molecular formula is C52H31FN6OPt-2. The number of nitrogens with zero attached hydrogens (tertiary/aromatic N) is 6. The van der Waals surface area contributed by atoms with E-state index in [4.69, 9.17) is 9.72 Å². The molecule has 0 fully saturated rings. The second-order valence-electron chi connectivity index (χ2n) is 14.4. The molecule has 9 heteroatoms. The zero-order chi connectivity index (χ0) is 40.9. The molecule has 0 atom stereocenters. The van der Waals surface area contributed by atoms with Crippen molar-refractivity contribution in [3.63, 3.8) is 0 Å². The van der Waals surface area contributed by atoms with Crippen LogP contribution in [0.2, 0.25) is 0 Å². The third-order valence-electron chi connectivity index (χ3n) is 10.8. The Morgan fingerprint density at radius 2 is 1.13 bits per heavy atom. The smallest absolute Gasteiger partial charge is 0.244 e. The van der Waals surface area contributed by atoms with Crippen LogP contribution < -0.4 is 4.74 Å². The van der Waals surface area contributed by atoms with E-state index >= 15 is 4.39 Å². The quantitative estimate of drug-likeness (QED) is 0.142. The topological polar surface area (TPSA) is 62.7 Å². The van der Waals surface area contributed by atoms with Gasteiger partial charge in [-0.2, -0.15) is 0 Å². The minimum Gasteiger partial charge on any atom is -0.244 e. The summed E-state index contributed by atoms with van der Waals surface area (Å²) < 4.78 is 29.8. The van der Waals surface area contributed by atoms with Crippen LogP contribution in [0.5, 0.6) is 11.5 Å². The van der Waals surface area contributed by atoms with Crippen molar-refractivity contribution >= 4 is 32.8 Å². The normalized spacial score (nSPS) is 11.5. The fourth-order valence-corrected chi connectivity index (χ4v) is 9.22. The van der Waals surface area contributed by atoms with E-state index in [-0.39, 0.29) is 0 Å². The van der Waals surface area contributed by atoms with Crippen molar-refractivity contribution in [1.82, 2.24) is 28.7 Å². The molecule has 0 saturated carbocycles. The van der Waals surface area contributed by atoms with Gasteiger partial charge in [-0.05, 0) is 0 Å². The van der Waals surface area contributed by atoms with Gasteiger partial charge in [0.05, 0.1) is 0 Å². The first kappa shape index (κ1) is 36.5. The summed E-state index contributed by atoms with van der Waals surface area (Å²) in [6, 6.07) is 62.4. The predicted octanol–water partition coefficient (Wildman–Crippen LogP) is 12.3. The standard InChI is InChI=1S/C52H31FN6O.Pt/c53-46-29-51(56-32-45(46)37-30-54-33-55-31-37)59-47-22-8-7-19-43(47)44-26-25-40(28-50(44)59)60-39-18-11-17-38(27-39)57-34-58(49-24-10-9-23-48(49)57)52-41(35-13-3-1-4-14-35)20-12-21-42(52)36-15-5-2-6-16-36;/h1-26,29-33H;/q-2;. The zero-order valence-corrected chi connectivity index (χ0v) is 34.5. The Kier molecular flexibility index (Phi) is 9.13. The SMILES string of the molecule is Fc1cc(-n2c3[c-]c(Oc4[c-]c(-n5[c](=[Pt])n(-c6c(-c7ccccc7)cccc6-c6ccccc6)c6ccccc65)ccc4)ccc3c3ccccc32)ncc1-c1cncnc1. The monoisotopic (exact) mass is 969 g/mol. The Labute approximate surface area is 360 Å². The van der Waals surface area contributed by atoms with E-state index in [1.165, 1.54) is 18.6 Å². The molecule has 7 nitrogen and oxygen atoms in total. The molecule has 7 aromatic carbocycles. The molecule has 0 saturated heterocycles. The van der Waals surface area contributed by atoms with Crippen molar-refractivity contribution in [2.45, 2.75) is 0 Å². The van der Waals surface area contributed by atoms with Crippen LogP contribution in [-0.2, 0) is 19.4 Å². The molecule has 0 unspecified atom stereocenters. The van der Waals surface area contributed by atoms with E-state index in [0.717, 1.165) is 64.8 Å². The number of hydrogen-bond acceptors (Lipinski definition) is 4. The summed E-state index contributed by atoms with van der Waals surface area (Å²) in [5.74, 6) is 0.982. The molecule has 0 radical (unpaired) electrons. The van der Waals surface area contributed by atoms with Gasteiger partial charge in [-0.15, -0.1) is 0 Å². The van der Waals surface area contributed by atoms with Crippen LogP contribution in [0.1, 0.15) is 0 Å². The molecule has 0 aliphatic carbocycles. The zero-order valence-electron chi connectivity index (χ0n) is 32.2. The minimum absolute atomic E-state index is 0.321. The number of fused-ring (bicyclic) bond motifs is 4. The Balaban J connectivity index is 1.02. The molecule has 0 aliphatic heterocycles. The number of pyridine rings is 1. The maximum atomic E-state index is 15.7. The van der Waals surface area contributed by atoms with E-state index < -0.39 is 5.82 Å². The number of halogens is 1. The van der Waals surface area contributed by atoms with Crippen molar-refractivity contribution in [2.24, 2.45) is 0 Å². The molecule has 0 aliphatic rings. The second kappa shape index (κ2) is 15.2. The third kappa shape index (κ3) is 6.40. The minimum atomic E-state index is -0.432. The van der Waals surface area contributed by atoms with Gasteiger partial charge in [-0.25, -0.2) is 14.4 Å². The molecule has 0 amide bonds. The van der Waals surface area contributed by atoms with Gasteiger partial charge >= 0.3 is 294 Å². The summed E-state index contributed by atoms with van der Waals surface area (Å²) in [6.07, 6.45) is 6.07. The number of ether oxygens (including phenoxy) is 1. The second-order valence-corrected chi connectivity index (χ2v) is 15.4.